The molecule has 2 heterocycles. The fraction of sp³-hybridized carbons (Fsp3) is 0.500. The summed E-state index contributed by atoms with van der Waals surface area (Å²) in [7, 11) is 0. The molecule has 0 unspecified atom stereocenters. The van der Waals surface area contributed by atoms with Gasteiger partial charge < -0.3 is 9.80 Å². The largest absolute Gasteiger partial charge is 0.336 e. The average molecular weight is 304 g/mol. The highest BCUT2D eigenvalue weighted by Crippen LogP contribution is 2.28. The highest BCUT2D eigenvalue weighted by molar-refractivity contribution is 7.98. The van der Waals surface area contributed by atoms with Crippen LogP contribution in [0.5, 0.6) is 0 Å². The second kappa shape index (κ2) is 5.72. The highest BCUT2D eigenvalue weighted by atomic mass is 32.2. The first-order valence-electron chi connectivity index (χ1n) is 7.38. The van der Waals surface area contributed by atoms with E-state index in [0.717, 1.165) is 24.3 Å². The van der Waals surface area contributed by atoms with E-state index in [0.29, 0.717) is 12.1 Å². The Bertz CT molecular complexity index is 575. The number of benzene rings is 1. The maximum Gasteiger partial charge on any atom is 0.255 e. The standard InChI is InChI=1S/C16H20N2O2S/c1-11-15(19)17-9-5-6-12(17)10-18(11)16(20)13-7-3-4-8-14(13)21-2/h3-4,7-8,11-12H,5-6,9-10H2,1-2H3/t11-,12-/m0/s1. The van der Waals surface area contributed by atoms with Crippen molar-refractivity contribution in [2.45, 2.75) is 36.7 Å². The second-order valence-electron chi connectivity index (χ2n) is 5.66. The molecule has 21 heavy (non-hydrogen) atoms. The molecule has 0 saturated carbocycles. The predicted octanol–water partition coefficient (Wildman–Crippen LogP) is 2.24. The van der Waals surface area contributed by atoms with Gasteiger partial charge in [-0.25, -0.2) is 0 Å². The molecule has 2 saturated heterocycles. The van der Waals surface area contributed by atoms with Crippen LogP contribution in [0.25, 0.3) is 0 Å². The summed E-state index contributed by atoms with van der Waals surface area (Å²) < 4.78 is 0. The van der Waals surface area contributed by atoms with Crippen LogP contribution >= 0.6 is 11.8 Å². The van der Waals surface area contributed by atoms with Gasteiger partial charge in [-0.2, -0.15) is 0 Å². The van der Waals surface area contributed by atoms with Gasteiger partial charge in [-0.05, 0) is 38.2 Å². The Balaban J connectivity index is 1.88. The summed E-state index contributed by atoms with van der Waals surface area (Å²) in [5.41, 5.74) is 0.705. The zero-order valence-electron chi connectivity index (χ0n) is 12.4. The van der Waals surface area contributed by atoms with E-state index in [4.69, 9.17) is 0 Å². The van der Waals surface area contributed by atoms with Crippen molar-refractivity contribution < 1.29 is 9.59 Å². The number of carbonyl (C=O) groups excluding carboxylic acids is 2. The number of amides is 2. The molecule has 2 aliphatic heterocycles. The molecular weight excluding hydrogens is 284 g/mol. The number of piperazine rings is 1. The molecular formula is C16H20N2O2S. The molecule has 112 valence electrons. The van der Waals surface area contributed by atoms with Crippen molar-refractivity contribution in [2.75, 3.05) is 19.3 Å². The molecule has 0 aliphatic carbocycles. The Hall–Kier alpha value is -1.49. The third-order valence-corrected chi connectivity index (χ3v) is 5.29. The first kappa shape index (κ1) is 14.4. The SMILES string of the molecule is CSc1ccccc1C(=O)N1C[C@@H]2CCCN2C(=O)[C@@H]1C. The summed E-state index contributed by atoms with van der Waals surface area (Å²) in [5, 5.41) is 0. The van der Waals surface area contributed by atoms with Crippen molar-refractivity contribution in [3.05, 3.63) is 29.8 Å². The third kappa shape index (κ3) is 2.44. The lowest BCUT2D eigenvalue weighted by Crippen LogP contribution is -2.60. The molecule has 2 amide bonds. The van der Waals surface area contributed by atoms with Gasteiger partial charge in [0.2, 0.25) is 5.91 Å². The number of nitrogens with zero attached hydrogens (tertiary/aromatic N) is 2. The van der Waals surface area contributed by atoms with Gasteiger partial charge in [0.05, 0.1) is 5.56 Å². The normalized spacial score (nSPS) is 25.1. The number of thioether (sulfide) groups is 1. The molecule has 4 nitrogen and oxygen atoms in total. The van der Waals surface area contributed by atoms with E-state index in [2.05, 4.69) is 0 Å². The third-order valence-electron chi connectivity index (χ3n) is 4.49. The Kier molecular flexibility index (Phi) is 3.93. The van der Waals surface area contributed by atoms with Crippen LogP contribution in [0.1, 0.15) is 30.1 Å². The van der Waals surface area contributed by atoms with Crippen molar-refractivity contribution in [1.82, 2.24) is 9.80 Å². The Morgan fingerprint density at radius 2 is 2.10 bits per heavy atom. The summed E-state index contributed by atoms with van der Waals surface area (Å²) in [4.78, 5) is 30.0. The molecule has 0 spiro atoms. The molecule has 0 aromatic heterocycles. The van der Waals surface area contributed by atoms with E-state index in [1.165, 1.54) is 0 Å². The number of hydrogen-bond donors (Lipinski definition) is 0. The molecule has 0 bridgehead atoms. The molecule has 2 fully saturated rings. The van der Waals surface area contributed by atoms with E-state index in [-0.39, 0.29) is 23.9 Å². The van der Waals surface area contributed by atoms with Gasteiger partial charge in [-0.3, -0.25) is 9.59 Å². The van der Waals surface area contributed by atoms with Gasteiger partial charge in [0, 0.05) is 24.0 Å². The summed E-state index contributed by atoms with van der Waals surface area (Å²) >= 11 is 1.57. The van der Waals surface area contributed by atoms with Crippen LogP contribution in [0, 0.1) is 0 Å². The zero-order valence-corrected chi connectivity index (χ0v) is 13.2. The quantitative estimate of drug-likeness (QED) is 0.787. The van der Waals surface area contributed by atoms with Crippen LogP contribution in [0.2, 0.25) is 0 Å². The van der Waals surface area contributed by atoms with Crippen molar-refractivity contribution in [3.8, 4) is 0 Å². The summed E-state index contributed by atoms with van der Waals surface area (Å²) in [6.45, 7) is 3.35. The van der Waals surface area contributed by atoms with Crippen molar-refractivity contribution in [3.63, 3.8) is 0 Å². The molecule has 1 aromatic carbocycles. The summed E-state index contributed by atoms with van der Waals surface area (Å²) in [6, 6.07) is 7.47. The lowest BCUT2D eigenvalue weighted by atomic mass is 10.1. The molecule has 0 radical (unpaired) electrons. The smallest absolute Gasteiger partial charge is 0.255 e. The van der Waals surface area contributed by atoms with E-state index < -0.39 is 0 Å². The van der Waals surface area contributed by atoms with Crippen LogP contribution in [0.15, 0.2) is 29.2 Å². The van der Waals surface area contributed by atoms with Crippen molar-refractivity contribution in [2.24, 2.45) is 0 Å². The van der Waals surface area contributed by atoms with Crippen LogP contribution < -0.4 is 0 Å². The number of rotatable bonds is 2. The second-order valence-corrected chi connectivity index (χ2v) is 6.51. The van der Waals surface area contributed by atoms with Crippen LogP contribution in [0.4, 0.5) is 0 Å². The van der Waals surface area contributed by atoms with Crippen LogP contribution in [-0.2, 0) is 4.79 Å². The maximum absolute atomic E-state index is 12.9. The average Bonchev–Trinajstić information content (AvgIpc) is 2.98. The minimum atomic E-state index is -0.359. The van der Waals surface area contributed by atoms with Crippen LogP contribution in [-0.4, -0.2) is 53.0 Å². The lowest BCUT2D eigenvalue weighted by molar-refractivity contribution is -0.141. The van der Waals surface area contributed by atoms with Gasteiger partial charge in [0.25, 0.3) is 5.91 Å². The predicted molar refractivity (Wildman–Crippen MR) is 83.5 cm³/mol. The minimum Gasteiger partial charge on any atom is -0.336 e. The molecule has 2 aliphatic rings. The Labute approximate surface area is 129 Å². The first-order valence-corrected chi connectivity index (χ1v) is 8.60. The molecule has 0 N–H and O–H groups in total. The summed E-state index contributed by atoms with van der Waals surface area (Å²) in [6.07, 6.45) is 4.02. The molecule has 1 aromatic rings. The first-order chi connectivity index (χ1) is 10.1. The van der Waals surface area contributed by atoms with Gasteiger partial charge in [-0.1, -0.05) is 12.1 Å². The molecule has 3 rings (SSSR count). The lowest BCUT2D eigenvalue weighted by Gasteiger charge is -2.41. The highest BCUT2D eigenvalue weighted by Gasteiger charge is 2.42. The molecule has 5 heteroatoms. The van der Waals surface area contributed by atoms with Crippen LogP contribution in [0.3, 0.4) is 0 Å². The van der Waals surface area contributed by atoms with Gasteiger partial charge >= 0.3 is 0 Å². The van der Waals surface area contributed by atoms with E-state index >= 15 is 0 Å². The van der Waals surface area contributed by atoms with E-state index in [1.807, 2.05) is 42.3 Å². The van der Waals surface area contributed by atoms with Gasteiger partial charge in [0.15, 0.2) is 0 Å². The Morgan fingerprint density at radius 3 is 2.86 bits per heavy atom. The van der Waals surface area contributed by atoms with E-state index in [1.54, 1.807) is 16.7 Å². The summed E-state index contributed by atoms with van der Waals surface area (Å²) in [5.74, 6) is 0.0751. The fourth-order valence-corrected chi connectivity index (χ4v) is 3.90. The zero-order chi connectivity index (χ0) is 15.0. The van der Waals surface area contributed by atoms with E-state index in [9.17, 15) is 9.59 Å². The number of hydrogen-bond acceptors (Lipinski definition) is 3. The number of fused-ring (bicyclic) bond motifs is 1. The van der Waals surface area contributed by atoms with Crippen molar-refractivity contribution in [1.29, 1.82) is 0 Å². The fourth-order valence-electron chi connectivity index (χ4n) is 3.31. The van der Waals surface area contributed by atoms with Gasteiger partial charge in [-0.15, -0.1) is 11.8 Å². The topological polar surface area (TPSA) is 40.6 Å². The minimum absolute atomic E-state index is 0.0210. The molecule has 2 atom stereocenters. The maximum atomic E-state index is 12.9. The van der Waals surface area contributed by atoms with Gasteiger partial charge in [0.1, 0.15) is 6.04 Å². The monoisotopic (exact) mass is 304 g/mol. The van der Waals surface area contributed by atoms with Crippen molar-refractivity contribution >= 4 is 23.6 Å². The Morgan fingerprint density at radius 1 is 1.33 bits per heavy atom. The number of carbonyl (C=O) groups is 2.